The van der Waals surface area contributed by atoms with E-state index in [1.54, 1.807) is 30.0 Å². The van der Waals surface area contributed by atoms with Crippen LogP contribution in [0.15, 0.2) is 23.1 Å². The summed E-state index contributed by atoms with van der Waals surface area (Å²) in [5.41, 5.74) is 0.382. The number of nitrogens with zero attached hydrogens (tertiary/aromatic N) is 2. The Labute approximate surface area is 155 Å². The summed E-state index contributed by atoms with van der Waals surface area (Å²) in [5, 5.41) is 9.76. The number of carbonyl (C=O) groups is 3. The number of thioether (sulfide) groups is 1. The normalized spacial score (nSPS) is 18.9. The number of phenolic OH excluding ortho intramolecular Hbond substituents is 1. The van der Waals surface area contributed by atoms with Gasteiger partial charge < -0.3 is 14.7 Å². The zero-order chi connectivity index (χ0) is 18.7. The minimum Gasteiger partial charge on any atom is -0.504 e. The monoisotopic (exact) mass is 376 g/mol. The highest BCUT2D eigenvalue weighted by molar-refractivity contribution is 8.18. The number of carbonyl (C=O) groups excluding carboxylic acids is 3. The van der Waals surface area contributed by atoms with E-state index in [0.717, 1.165) is 29.5 Å². The number of hydrogen-bond donors (Lipinski definition) is 1. The molecule has 0 aliphatic carbocycles. The van der Waals surface area contributed by atoms with Crippen LogP contribution in [0.25, 0.3) is 6.08 Å². The second-order valence-electron chi connectivity index (χ2n) is 5.98. The van der Waals surface area contributed by atoms with E-state index in [1.165, 1.54) is 6.08 Å². The van der Waals surface area contributed by atoms with E-state index in [4.69, 9.17) is 4.74 Å². The highest BCUT2D eigenvalue weighted by atomic mass is 32.2. The zero-order valence-corrected chi connectivity index (χ0v) is 15.3. The van der Waals surface area contributed by atoms with Gasteiger partial charge in [0, 0.05) is 18.7 Å². The fraction of sp³-hybridized carbons (Fsp3) is 0.389. The first-order valence-electron chi connectivity index (χ1n) is 8.49. The molecule has 2 aliphatic rings. The molecule has 0 unspecified atom stereocenters. The molecule has 1 aromatic carbocycles. The first-order valence-corrected chi connectivity index (χ1v) is 9.31. The third kappa shape index (κ3) is 3.70. The summed E-state index contributed by atoms with van der Waals surface area (Å²) < 4.78 is 5.32. The minimum atomic E-state index is -0.520. The molecule has 0 spiro atoms. The quantitative estimate of drug-likeness (QED) is 0.795. The van der Waals surface area contributed by atoms with Gasteiger partial charge in [0.25, 0.3) is 11.1 Å². The predicted molar refractivity (Wildman–Crippen MR) is 97.8 cm³/mol. The average molecular weight is 376 g/mol. The Hall–Kier alpha value is -2.48. The number of aromatic hydroxyl groups is 1. The molecule has 1 aromatic rings. The highest BCUT2D eigenvalue weighted by Gasteiger charge is 2.37. The number of amides is 3. The molecule has 2 aliphatic heterocycles. The molecule has 26 heavy (non-hydrogen) atoms. The molecular weight excluding hydrogens is 356 g/mol. The third-order valence-corrected chi connectivity index (χ3v) is 5.15. The second-order valence-corrected chi connectivity index (χ2v) is 6.98. The van der Waals surface area contributed by atoms with Crippen molar-refractivity contribution in [2.45, 2.75) is 19.8 Å². The molecule has 3 amide bonds. The fourth-order valence-corrected chi connectivity index (χ4v) is 3.74. The SMILES string of the molecule is CCOc1cccc(/C=C2\SC(=O)N(CC(=O)N3CCCC3)C2=O)c1O. The van der Waals surface area contributed by atoms with Gasteiger partial charge in [0.05, 0.1) is 11.5 Å². The van der Waals surface area contributed by atoms with E-state index in [-0.39, 0.29) is 23.1 Å². The van der Waals surface area contributed by atoms with Gasteiger partial charge in [0.1, 0.15) is 6.54 Å². The van der Waals surface area contributed by atoms with Gasteiger partial charge in [-0.2, -0.15) is 0 Å². The van der Waals surface area contributed by atoms with Crippen LogP contribution in [0.3, 0.4) is 0 Å². The van der Waals surface area contributed by atoms with Crippen LogP contribution in [0.5, 0.6) is 11.5 Å². The van der Waals surface area contributed by atoms with Crippen LogP contribution >= 0.6 is 11.8 Å². The van der Waals surface area contributed by atoms with Gasteiger partial charge in [-0.15, -0.1) is 0 Å². The summed E-state index contributed by atoms with van der Waals surface area (Å²) in [6.07, 6.45) is 3.34. The third-order valence-electron chi connectivity index (χ3n) is 4.24. The van der Waals surface area contributed by atoms with E-state index in [0.29, 0.717) is 31.0 Å². The molecule has 1 N–H and O–H groups in total. The number of imide groups is 1. The number of para-hydroxylation sites is 1. The maximum absolute atomic E-state index is 12.5. The first-order chi connectivity index (χ1) is 12.5. The van der Waals surface area contributed by atoms with Gasteiger partial charge in [-0.05, 0) is 43.7 Å². The topological polar surface area (TPSA) is 87.2 Å². The molecule has 3 rings (SSSR count). The number of likely N-dealkylation sites (tertiary alicyclic amines) is 1. The van der Waals surface area contributed by atoms with Gasteiger partial charge in [-0.25, -0.2) is 0 Å². The molecule has 2 saturated heterocycles. The van der Waals surface area contributed by atoms with Gasteiger partial charge in [-0.1, -0.05) is 12.1 Å². The number of phenols is 1. The largest absolute Gasteiger partial charge is 0.504 e. The van der Waals surface area contributed by atoms with Crippen molar-refractivity contribution < 1.29 is 24.2 Å². The summed E-state index contributed by atoms with van der Waals surface area (Å²) in [6.45, 7) is 3.29. The van der Waals surface area contributed by atoms with E-state index in [2.05, 4.69) is 0 Å². The Balaban J connectivity index is 1.77. The molecule has 8 heteroatoms. The molecule has 7 nitrogen and oxygen atoms in total. The maximum Gasteiger partial charge on any atom is 0.294 e. The standard InChI is InChI=1S/C18H20N2O5S/c1-2-25-13-7-5-6-12(16(13)22)10-14-17(23)20(18(24)26-14)11-15(21)19-8-3-4-9-19/h5-7,10,22H,2-4,8-9,11H2,1H3/b14-10-. The summed E-state index contributed by atoms with van der Waals surface area (Å²) in [7, 11) is 0. The van der Waals surface area contributed by atoms with E-state index in [9.17, 15) is 19.5 Å². The van der Waals surface area contributed by atoms with E-state index in [1.807, 2.05) is 0 Å². The number of rotatable bonds is 5. The Morgan fingerprint density at radius 3 is 2.73 bits per heavy atom. The van der Waals surface area contributed by atoms with Gasteiger partial charge >= 0.3 is 0 Å². The lowest BCUT2D eigenvalue weighted by Gasteiger charge is -2.18. The van der Waals surface area contributed by atoms with Crippen molar-refractivity contribution in [3.63, 3.8) is 0 Å². The van der Waals surface area contributed by atoms with Crippen molar-refractivity contribution in [1.29, 1.82) is 0 Å². The molecule has 138 valence electrons. The van der Waals surface area contributed by atoms with Crippen molar-refractivity contribution in [3.05, 3.63) is 28.7 Å². The van der Waals surface area contributed by atoms with Crippen molar-refractivity contribution in [2.24, 2.45) is 0 Å². The van der Waals surface area contributed by atoms with Crippen LogP contribution in [-0.4, -0.2) is 58.2 Å². The summed E-state index contributed by atoms with van der Waals surface area (Å²) in [6, 6.07) is 4.94. The molecule has 0 radical (unpaired) electrons. The van der Waals surface area contributed by atoms with Crippen LogP contribution in [0, 0.1) is 0 Å². The molecule has 0 bridgehead atoms. The van der Waals surface area contributed by atoms with E-state index < -0.39 is 11.1 Å². The Morgan fingerprint density at radius 2 is 2.04 bits per heavy atom. The van der Waals surface area contributed by atoms with Crippen LogP contribution in [0.1, 0.15) is 25.3 Å². The maximum atomic E-state index is 12.5. The fourth-order valence-electron chi connectivity index (χ4n) is 2.91. The van der Waals surface area contributed by atoms with Crippen LogP contribution in [-0.2, 0) is 9.59 Å². The number of benzene rings is 1. The van der Waals surface area contributed by atoms with Gasteiger partial charge in [0.15, 0.2) is 11.5 Å². The summed E-state index contributed by atoms with van der Waals surface area (Å²) >= 11 is 0.765. The van der Waals surface area contributed by atoms with Gasteiger partial charge in [0.2, 0.25) is 5.91 Å². The zero-order valence-electron chi connectivity index (χ0n) is 14.4. The minimum absolute atomic E-state index is 0.0886. The summed E-state index contributed by atoms with van der Waals surface area (Å²) in [5.74, 6) is -0.514. The van der Waals surface area contributed by atoms with E-state index >= 15 is 0 Å². The van der Waals surface area contributed by atoms with Crippen molar-refractivity contribution in [2.75, 3.05) is 26.2 Å². The van der Waals surface area contributed by atoms with Crippen molar-refractivity contribution in [1.82, 2.24) is 9.80 Å². The molecule has 0 aromatic heterocycles. The lowest BCUT2D eigenvalue weighted by molar-refractivity contribution is -0.135. The van der Waals surface area contributed by atoms with Crippen LogP contribution < -0.4 is 4.74 Å². The molecule has 2 heterocycles. The van der Waals surface area contributed by atoms with Crippen LogP contribution in [0.4, 0.5) is 4.79 Å². The lowest BCUT2D eigenvalue weighted by Crippen LogP contribution is -2.40. The first kappa shape index (κ1) is 18.3. The predicted octanol–water partition coefficient (Wildman–Crippen LogP) is 2.45. The molecule has 0 atom stereocenters. The Kier molecular flexibility index (Phi) is 5.51. The summed E-state index contributed by atoms with van der Waals surface area (Å²) in [4.78, 5) is 39.7. The van der Waals surface area contributed by atoms with Gasteiger partial charge in [-0.3, -0.25) is 19.3 Å². The van der Waals surface area contributed by atoms with Crippen LogP contribution in [0.2, 0.25) is 0 Å². The molecule has 0 saturated carbocycles. The Bertz CT molecular complexity index is 771. The lowest BCUT2D eigenvalue weighted by atomic mass is 10.1. The highest BCUT2D eigenvalue weighted by Crippen LogP contribution is 2.36. The van der Waals surface area contributed by atoms with Crippen molar-refractivity contribution >= 4 is 34.9 Å². The number of ether oxygens (including phenoxy) is 1. The second kappa shape index (κ2) is 7.82. The number of hydrogen-bond acceptors (Lipinski definition) is 6. The average Bonchev–Trinajstić information content (AvgIpc) is 3.23. The molecular formula is C18H20N2O5S. The van der Waals surface area contributed by atoms with Crippen molar-refractivity contribution in [3.8, 4) is 11.5 Å². The Morgan fingerprint density at radius 1 is 1.31 bits per heavy atom. The molecule has 2 fully saturated rings. The smallest absolute Gasteiger partial charge is 0.294 e.